The molecule has 0 radical (unpaired) electrons. The minimum atomic E-state index is -0.246. The fourth-order valence-corrected chi connectivity index (χ4v) is 2.39. The maximum absolute atomic E-state index is 6.34. The van der Waals surface area contributed by atoms with E-state index in [0.717, 1.165) is 28.4 Å². The number of hydrogen-bond donors (Lipinski definition) is 1. The third-order valence-corrected chi connectivity index (χ3v) is 4.28. The summed E-state index contributed by atoms with van der Waals surface area (Å²) in [5.41, 5.74) is 8.28. The van der Waals surface area contributed by atoms with Crippen molar-refractivity contribution in [3.8, 4) is 17.2 Å². The number of ether oxygens (including phenoxy) is 3. The highest BCUT2D eigenvalue weighted by atomic mass is 16.5. The lowest BCUT2D eigenvalue weighted by molar-refractivity contribution is 0.340. The van der Waals surface area contributed by atoms with Crippen molar-refractivity contribution in [3.63, 3.8) is 0 Å². The first-order valence-corrected chi connectivity index (χ1v) is 8.89. The van der Waals surface area contributed by atoms with Crippen molar-refractivity contribution in [2.75, 3.05) is 20.8 Å². The summed E-state index contributed by atoms with van der Waals surface area (Å²) < 4.78 is 16.0. The molecule has 1 aliphatic rings. The van der Waals surface area contributed by atoms with Crippen LogP contribution in [0.4, 0.5) is 0 Å². The lowest BCUT2D eigenvalue weighted by atomic mass is 9.99. The summed E-state index contributed by atoms with van der Waals surface area (Å²) in [6.07, 6.45) is 6.00. The van der Waals surface area contributed by atoms with Gasteiger partial charge in [0.25, 0.3) is 0 Å². The lowest BCUT2D eigenvalue weighted by Crippen LogP contribution is -2.12. The highest BCUT2D eigenvalue weighted by molar-refractivity contribution is 5.43. The molecule has 2 aromatic rings. The Morgan fingerprint density at radius 3 is 1.72 bits per heavy atom. The molecule has 0 spiro atoms. The van der Waals surface area contributed by atoms with Gasteiger partial charge in [0, 0.05) is 6.07 Å². The lowest BCUT2D eigenvalue weighted by Gasteiger charge is -2.15. The molecule has 4 heteroatoms. The van der Waals surface area contributed by atoms with E-state index in [1.165, 1.54) is 25.7 Å². The fraction of sp³-hybridized carbons (Fsp3) is 0.429. The fourth-order valence-electron chi connectivity index (χ4n) is 2.39. The number of methoxy groups -OCH3 is 2. The van der Waals surface area contributed by atoms with E-state index >= 15 is 0 Å². The molecule has 2 N–H and O–H groups in total. The molecule has 2 aromatic carbocycles. The zero-order valence-electron chi connectivity index (χ0n) is 15.5. The van der Waals surface area contributed by atoms with E-state index in [9.17, 15) is 0 Å². The number of hydrogen-bond acceptors (Lipinski definition) is 4. The highest BCUT2D eigenvalue weighted by Gasteiger charge is 2.12. The minimum Gasteiger partial charge on any atom is -0.497 e. The Bertz CT molecular complexity index is 610. The van der Waals surface area contributed by atoms with Crippen LogP contribution in [0.5, 0.6) is 17.2 Å². The summed E-state index contributed by atoms with van der Waals surface area (Å²) in [5.74, 6) is 2.30. The molecule has 0 saturated heterocycles. The molecule has 0 aromatic heterocycles. The molecule has 4 nitrogen and oxygen atoms in total. The van der Waals surface area contributed by atoms with Crippen LogP contribution in [0.25, 0.3) is 0 Å². The van der Waals surface area contributed by atoms with E-state index in [2.05, 4.69) is 0 Å². The molecule has 0 heterocycles. The van der Waals surface area contributed by atoms with Gasteiger partial charge in [-0.1, -0.05) is 37.8 Å². The zero-order chi connectivity index (χ0) is 18.1. The van der Waals surface area contributed by atoms with E-state index in [4.69, 9.17) is 19.9 Å². The second-order valence-electron chi connectivity index (χ2n) is 6.04. The highest BCUT2D eigenvalue weighted by Crippen LogP contribution is 2.29. The molecular weight excluding hydrogens is 314 g/mol. The second kappa shape index (κ2) is 9.94. The first-order chi connectivity index (χ1) is 12.2. The summed E-state index contributed by atoms with van der Waals surface area (Å²) in [6.45, 7) is 2.61. The van der Waals surface area contributed by atoms with Gasteiger partial charge in [-0.25, -0.2) is 0 Å². The van der Waals surface area contributed by atoms with E-state index in [-0.39, 0.29) is 6.04 Å². The van der Waals surface area contributed by atoms with Gasteiger partial charge < -0.3 is 19.9 Å². The maximum Gasteiger partial charge on any atom is 0.122 e. The first kappa shape index (κ1) is 19.1. The first-order valence-electron chi connectivity index (χ1n) is 8.89. The molecule has 1 fully saturated rings. The van der Waals surface area contributed by atoms with Gasteiger partial charge in [-0.15, -0.1) is 0 Å². The van der Waals surface area contributed by atoms with Crippen LogP contribution in [-0.2, 0) is 0 Å². The van der Waals surface area contributed by atoms with Crippen LogP contribution >= 0.6 is 0 Å². The van der Waals surface area contributed by atoms with Crippen LogP contribution in [0.3, 0.4) is 0 Å². The zero-order valence-corrected chi connectivity index (χ0v) is 15.5. The SMILES string of the molecule is C1CCC1.CCOc1ccc(C(N)c2cc(OC)cc(OC)c2)cc1. The number of nitrogens with two attached hydrogens (primary N) is 1. The molecule has 1 unspecified atom stereocenters. The van der Waals surface area contributed by atoms with Crippen LogP contribution in [0.15, 0.2) is 42.5 Å². The molecular formula is C21H29NO3. The Hall–Kier alpha value is -2.20. The third-order valence-electron chi connectivity index (χ3n) is 4.28. The van der Waals surface area contributed by atoms with Crippen molar-refractivity contribution < 1.29 is 14.2 Å². The van der Waals surface area contributed by atoms with E-state index in [0.29, 0.717) is 6.61 Å². The average molecular weight is 343 g/mol. The Labute approximate surface area is 150 Å². The normalized spacial score (nSPS) is 13.8. The Balaban J connectivity index is 0.000000493. The van der Waals surface area contributed by atoms with Crippen LogP contribution in [-0.4, -0.2) is 20.8 Å². The Morgan fingerprint density at radius 1 is 0.800 bits per heavy atom. The van der Waals surface area contributed by atoms with E-state index < -0.39 is 0 Å². The molecule has 0 bridgehead atoms. The average Bonchev–Trinajstić information content (AvgIpc) is 2.60. The van der Waals surface area contributed by atoms with E-state index in [1.54, 1.807) is 14.2 Å². The van der Waals surface area contributed by atoms with Crippen molar-refractivity contribution in [1.82, 2.24) is 0 Å². The van der Waals surface area contributed by atoms with Crippen LogP contribution in [0.2, 0.25) is 0 Å². The topological polar surface area (TPSA) is 53.7 Å². The van der Waals surface area contributed by atoms with Crippen LogP contribution < -0.4 is 19.9 Å². The molecule has 1 saturated carbocycles. The summed E-state index contributed by atoms with van der Waals surface area (Å²) in [7, 11) is 3.25. The Kier molecular flexibility index (Phi) is 7.61. The van der Waals surface area contributed by atoms with Crippen LogP contribution in [0.1, 0.15) is 49.8 Å². The predicted octanol–water partition coefficient (Wildman–Crippen LogP) is 4.71. The second-order valence-corrected chi connectivity index (χ2v) is 6.04. The molecule has 3 rings (SSSR count). The van der Waals surface area contributed by atoms with Crippen molar-refractivity contribution in [2.24, 2.45) is 5.73 Å². The molecule has 25 heavy (non-hydrogen) atoms. The largest absolute Gasteiger partial charge is 0.497 e. The molecule has 1 aliphatic carbocycles. The van der Waals surface area contributed by atoms with Gasteiger partial charge in [-0.05, 0) is 42.3 Å². The molecule has 0 amide bonds. The van der Waals surface area contributed by atoms with Gasteiger partial charge in [0.05, 0.1) is 26.9 Å². The standard InChI is InChI=1S/C17H21NO3.C4H8/c1-4-21-14-7-5-12(6-8-14)17(18)13-9-15(19-2)11-16(10-13)20-3;1-2-4-3-1/h5-11,17H,4,18H2,1-3H3;1-4H2. The van der Waals surface area contributed by atoms with Crippen molar-refractivity contribution in [2.45, 2.75) is 38.6 Å². The van der Waals surface area contributed by atoms with Crippen molar-refractivity contribution >= 4 is 0 Å². The number of rotatable bonds is 6. The van der Waals surface area contributed by atoms with Gasteiger partial charge in [-0.2, -0.15) is 0 Å². The monoisotopic (exact) mass is 343 g/mol. The van der Waals surface area contributed by atoms with Crippen molar-refractivity contribution in [3.05, 3.63) is 53.6 Å². The molecule has 136 valence electrons. The Morgan fingerprint density at radius 2 is 1.32 bits per heavy atom. The summed E-state index contributed by atoms with van der Waals surface area (Å²) in [4.78, 5) is 0. The van der Waals surface area contributed by atoms with Gasteiger partial charge in [0.2, 0.25) is 0 Å². The predicted molar refractivity (Wildman–Crippen MR) is 102 cm³/mol. The van der Waals surface area contributed by atoms with Gasteiger partial charge in [0.15, 0.2) is 0 Å². The summed E-state index contributed by atoms with van der Waals surface area (Å²) in [6, 6.07) is 13.2. The molecule has 0 aliphatic heterocycles. The quantitative estimate of drug-likeness (QED) is 0.825. The van der Waals surface area contributed by atoms with Gasteiger partial charge >= 0.3 is 0 Å². The minimum absolute atomic E-state index is 0.246. The summed E-state index contributed by atoms with van der Waals surface area (Å²) in [5, 5.41) is 0. The van der Waals surface area contributed by atoms with E-state index in [1.807, 2.05) is 49.4 Å². The number of benzene rings is 2. The van der Waals surface area contributed by atoms with Crippen LogP contribution in [0, 0.1) is 0 Å². The third kappa shape index (κ3) is 5.68. The molecule has 1 atom stereocenters. The maximum atomic E-state index is 6.34. The smallest absolute Gasteiger partial charge is 0.122 e. The van der Waals surface area contributed by atoms with Crippen molar-refractivity contribution in [1.29, 1.82) is 0 Å². The van der Waals surface area contributed by atoms with Gasteiger partial charge in [-0.3, -0.25) is 0 Å². The van der Waals surface area contributed by atoms with Gasteiger partial charge in [0.1, 0.15) is 17.2 Å². The summed E-state index contributed by atoms with van der Waals surface area (Å²) >= 11 is 0.